The maximum atomic E-state index is 9.59. The van der Waals surface area contributed by atoms with Crippen LogP contribution in [0.4, 0.5) is 0 Å². The SMILES string of the molecule is C.C.C(#Cc1ccc2ccccc2n1)c1ccccc1.C(#Cc1ccc2ccccc2n1)c1ccccc1.C(=C\c1ccc2ccccc2n1)/c1ccccc1.C(=C\c1ccc2ccccc2n1)/c1ccccc1.CBr.CO.COC(C)=O.COC(C)=O.COC(C)=O.O=CO[O-].[H-].[Na+].[Na+]. The molecule has 0 unspecified atom stereocenters. The van der Waals surface area contributed by atoms with E-state index in [2.05, 4.69) is 164 Å². The Kier molecular flexibility index (Phi) is 52.9. The first kappa shape index (κ1) is 91.3. The summed E-state index contributed by atoms with van der Waals surface area (Å²) in [6, 6.07) is 89.1. The molecule has 4 aromatic heterocycles. The molecule has 0 saturated heterocycles. The summed E-state index contributed by atoms with van der Waals surface area (Å²) in [5, 5.41) is 20.1. The summed E-state index contributed by atoms with van der Waals surface area (Å²) in [6.07, 6.45) is 8.25. The monoisotopic (exact) mass is 1410 g/mol. The minimum atomic E-state index is -0.245. The molecule has 0 bridgehead atoms. The van der Waals surface area contributed by atoms with Gasteiger partial charge < -0.3 is 30.9 Å². The first-order valence-electron chi connectivity index (χ1n) is 29.1. The van der Waals surface area contributed by atoms with Crippen LogP contribution in [0.1, 0.15) is 82.1 Å². The molecule has 14 nitrogen and oxygen atoms in total. The fourth-order valence-corrected chi connectivity index (χ4v) is 7.43. The molecule has 0 spiro atoms. The molecule has 99 heavy (non-hydrogen) atoms. The number of nitrogens with zero attached hydrogens (tertiary/aromatic N) is 4. The van der Waals surface area contributed by atoms with Crippen LogP contribution in [-0.4, -0.2) is 83.7 Å². The van der Waals surface area contributed by atoms with Gasteiger partial charge in [0.1, 0.15) is 11.4 Å². The van der Waals surface area contributed by atoms with Gasteiger partial charge in [-0.25, -0.2) is 19.9 Å². The van der Waals surface area contributed by atoms with Crippen molar-refractivity contribution >= 4 is 108 Å². The van der Waals surface area contributed by atoms with E-state index in [0.717, 1.165) is 73.9 Å². The fourth-order valence-electron chi connectivity index (χ4n) is 7.43. The van der Waals surface area contributed by atoms with Crippen LogP contribution in [0.2, 0.25) is 0 Å². The van der Waals surface area contributed by atoms with Crippen molar-refractivity contribution in [3.63, 3.8) is 0 Å². The number of esters is 3. The smallest absolute Gasteiger partial charge is 1.00 e. The molecular formula is C82H83BrN4Na2O10. The minimum Gasteiger partial charge on any atom is -1.00 e. The molecule has 0 saturated carbocycles. The van der Waals surface area contributed by atoms with Gasteiger partial charge in [0.2, 0.25) is 0 Å². The molecule has 12 aromatic rings. The summed E-state index contributed by atoms with van der Waals surface area (Å²) in [7, 11) is 5.05. The average Bonchev–Trinajstić information content (AvgIpc) is 0.873. The van der Waals surface area contributed by atoms with Crippen LogP contribution in [0.15, 0.2) is 267 Å². The molecule has 0 radical (unpaired) electrons. The van der Waals surface area contributed by atoms with E-state index in [1.807, 2.05) is 212 Å². The number of fused-ring (bicyclic) bond motifs is 4. The average molecular weight is 1410 g/mol. The van der Waals surface area contributed by atoms with Crippen LogP contribution in [-0.2, 0) is 38.3 Å². The number of ether oxygens (including phenoxy) is 3. The molecule has 4 heterocycles. The molecule has 0 amide bonds. The number of halogens is 1. The summed E-state index contributed by atoms with van der Waals surface area (Å²) in [6.45, 7) is 3.90. The third-order valence-corrected chi connectivity index (χ3v) is 12.0. The van der Waals surface area contributed by atoms with Gasteiger partial charge in [-0.2, -0.15) is 0 Å². The first-order valence-corrected chi connectivity index (χ1v) is 30.7. The molecule has 0 aliphatic rings. The maximum absolute atomic E-state index is 9.59. The van der Waals surface area contributed by atoms with E-state index in [0.29, 0.717) is 0 Å². The van der Waals surface area contributed by atoms with Crippen molar-refractivity contribution < 1.29 is 109 Å². The third kappa shape index (κ3) is 39.3. The topological polar surface area (TPSA) is 200 Å². The molecule has 8 aromatic carbocycles. The minimum absolute atomic E-state index is 0. The van der Waals surface area contributed by atoms with Crippen LogP contribution < -0.4 is 64.4 Å². The number of para-hydroxylation sites is 4. The standard InChI is InChI=1S/2C17H13N.2C17H11N.3C3H6O2.CH3Br.CH2O3.CH4O.2CH4.2Na.H/c4*1-2-6-14(7-3-1)10-12-16-13-11-15-8-4-5-9-17(15)18-16;3*1-3(4)5-2;1-2;2-1-4-3;1-2;;;;;/h2*1-13H;2*1-9,11,13H;3*1-2H3;1H3;1,3H;2H,1H3;2*1H4;;;/q;;;;;;;;;;;;2*+1;-1/p-1/b2*12-10+;;;;;;;;;;;;;. The molecule has 1 N–H and O–H groups in total. The molecular weight excluding hydrogens is 1330 g/mol. The van der Waals surface area contributed by atoms with Crippen molar-refractivity contribution in [1.29, 1.82) is 0 Å². The summed E-state index contributed by atoms with van der Waals surface area (Å²) < 4.78 is 12.3. The number of alkyl halides is 1. The number of hydrogen-bond acceptors (Lipinski definition) is 14. The Morgan fingerprint density at radius 2 is 0.606 bits per heavy atom. The van der Waals surface area contributed by atoms with Crippen LogP contribution >= 0.6 is 15.9 Å². The van der Waals surface area contributed by atoms with Crippen molar-refractivity contribution in [1.82, 2.24) is 19.9 Å². The number of aliphatic hydroxyl groups is 1. The van der Waals surface area contributed by atoms with E-state index < -0.39 is 0 Å². The predicted octanol–water partition coefficient (Wildman–Crippen LogP) is 11.1. The van der Waals surface area contributed by atoms with Gasteiger partial charge in [0.05, 0.1) is 54.8 Å². The quantitative estimate of drug-likeness (QED) is 0.0249. The fraction of sp³-hybridized carbons (Fsp3) is 0.122. The predicted molar refractivity (Wildman–Crippen MR) is 400 cm³/mol. The first-order chi connectivity index (χ1) is 46.4. The van der Waals surface area contributed by atoms with Gasteiger partial charge >= 0.3 is 77.0 Å². The van der Waals surface area contributed by atoms with Crippen LogP contribution in [0.25, 0.3) is 67.9 Å². The number of rotatable bonds is 5. The van der Waals surface area contributed by atoms with Crippen molar-refractivity contribution in [3.05, 3.63) is 312 Å². The van der Waals surface area contributed by atoms with E-state index in [4.69, 9.17) is 15.2 Å². The second-order valence-corrected chi connectivity index (χ2v) is 18.6. The summed E-state index contributed by atoms with van der Waals surface area (Å²) >= 11 is 2.94. The molecule has 0 aliphatic carbocycles. The number of carbonyl (C=O) groups is 4. The van der Waals surface area contributed by atoms with E-state index in [9.17, 15) is 14.4 Å². The largest absolute Gasteiger partial charge is 1.00 e. The zero-order chi connectivity index (χ0) is 69.1. The number of carbonyl (C=O) groups excluding carboxylic acids is 4. The zero-order valence-corrected chi connectivity index (χ0v) is 61.7. The summed E-state index contributed by atoms with van der Waals surface area (Å²) in [5.41, 5.74) is 12.0. The van der Waals surface area contributed by atoms with Gasteiger partial charge in [0.25, 0.3) is 6.47 Å². The Labute approximate surface area is 637 Å². The van der Waals surface area contributed by atoms with Gasteiger partial charge in [0, 0.05) is 60.6 Å². The van der Waals surface area contributed by atoms with Crippen LogP contribution in [0.5, 0.6) is 0 Å². The van der Waals surface area contributed by atoms with Gasteiger partial charge in [-0.3, -0.25) is 19.2 Å². The van der Waals surface area contributed by atoms with Gasteiger partial charge in [0.15, 0.2) is 0 Å². The van der Waals surface area contributed by atoms with Gasteiger partial charge in [-0.05, 0) is 114 Å². The van der Waals surface area contributed by atoms with Crippen molar-refractivity contribution in [3.8, 4) is 23.7 Å². The molecule has 0 fully saturated rings. The zero-order valence-electron chi connectivity index (χ0n) is 57.1. The third-order valence-electron chi connectivity index (χ3n) is 12.0. The molecule has 12 rings (SSSR count). The normalized spacial score (nSPS) is 8.96. The van der Waals surface area contributed by atoms with E-state index in [1.165, 1.54) is 64.0 Å². The second kappa shape index (κ2) is 57.4. The number of pyridine rings is 4. The van der Waals surface area contributed by atoms with Crippen molar-refractivity contribution in [2.45, 2.75) is 35.6 Å². The number of hydrogen-bond donors (Lipinski definition) is 1. The van der Waals surface area contributed by atoms with Crippen molar-refractivity contribution in [2.75, 3.05) is 34.3 Å². The van der Waals surface area contributed by atoms with Crippen LogP contribution in [0.3, 0.4) is 0 Å². The number of methoxy groups -OCH3 is 3. The summed E-state index contributed by atoms with van der Waals surface area (Å²) in [5.74, 6) is 13.5. The number of aliphatic hydroxyl groups excluding tert-OH is 1. The molecule has 0 aliphatic heterocycles. The Bertz CT molecular complexity index is 4110. The Balaban J connectivity index is -0.00000112. The van der Waals surface area contributed by atoms with E-state index in [1.54, 1.807) is 0 Å². The molecule has 500 valence electrons. The Hall–Kier alpha value is -9.72. The second-order valence-electron chi connectivity index (χ2n) is 18.6. The maximum Gasteiger partial charge on any atom is 1.00 e. The number of aromatic nitrogens is 4. The van der Waals surface area contributed by atoms with Crippen molar-refractivity contribution in [2.24, 2.45) is 0 Å². The van der Waals surface area contributed by atoms with E-state index in [-0.39, 0.29) is 99.8 Å². The van der Waals surface area contributed by atoms with Gasteiger partial charge in [-0.1, -0.05) is 249 Å². The molecule has 17 heteroatoms. The van der Waals surface area contributed by atoms with E-state index >= 15 is 0 Å². The van der Waals surface area contributed by atoms with Crippen LogP contribution in [0, 0.1) is 23.7 Å². The summed E-state index contributed by atoms with van der Waals surface area (Å²) in [4.78, 5) is 58.3. The Morgan fingerprint density at radius 1 is 0.374 bits per heavy atom. The Morgan fingerprint density at radius 3 is 0.869 bits per heavy atom. The van der Waals surface area contributed by atoms with Gasteiger partial charge in [-0.15, -0.1) is 0 Å². The molecule has 0 atom stereocenters. The number of benzene rings is 8.